The van der Waals surface area contributed by atoms with E-state index in [1.165, 1.54) is 19.3 Å². The molecular weight excluding hydrogens is 276 g/mol. The molecule has 3 atom stereocenters. The largest absolute Gasteiger partial charge is 0.389 e. The van der Waals surface area contributed by atoms with Gasteiger partial charge < -0.3 is 11.1 Å². The SMILES string of the molecule is CCC1CCC(Nc2ccc(C(N)=S)c(Cl)c2)C1C. The van der Waals surface area contributed by atoms with Crippen LogP contribution in [0.4, 0.5) is 5.69 Å². The molecule has 1 aliphatic carbocycles. The van der Waals surface area contributed by atoms with Gasteiger partial charge in [0.05, 0.1) is 5.02 Å². The highest BCUT2D eigenvalue weighted by molar-refractivity contribution is 7.80. The fourth-order valence-electron chi connectivity index (χ4n) is 3.05. The van der Waals surface area contributed by atoms with E-state index in [4.69, 9.17) is 29.6 Å². The zero-order valence-corrected chi connectivity index (χ0v) is 13.0. The standard InChI is InChI=1S/C15H21ClN2S/c1-3-10-4-7-14(9(10)2)18-11-5-6-12(15(17)19)13(16)8-11/h5-6,8-10,14,18H,3-4,7H2,1-2H3,(H2,17,19). The predicted octanol–water partition coefficient (Wildman–Crippen LogP) is 4.21. The molecule has 3 N–H and O–H groups in total. The lowest BCUT2D eigenvalue weighted by Gasteiger charge is -2.22. The summed E-state index contributed by atoms with van der Waals surface area (Å²) in [6.45, 7) is 4.61. The van der Waals surface area contributed by atoms with Gasteiger partial charge in [-0.3, -0.25) is 0 Å². The van der Waals surface area contributed by atoms with E-state index in [-0.39, 0.29) is 0 Å². The molecule has 2 nitrogen and oxygen atoms in total. The Morgan fingerprint density at radius 3 is 2.74 bits per heavy atom. The minimum atomic E-state index is 0.344. The van der Waals surface area contributed by atoms with E-state index < -0.39 is 0 Å². The van der Waals surface area contributed by atoms with Crippen molar-refractivity contribution in [3.63, 3.8) is 0 Å². The minimum Gasteiger partial charge on any atom is -0.389 e. The Morgan fingerprint density at radius 1 is 1.47 bits per heavy atom. The van der Waals surface area contributed by atoms with E-state index in [2.05, 4.69) is 19.2 Å². The van der Waals surface area contributed by atoms with Gasteiger partial charge in [0.2, 0.25) is 0 Å². The lowest BCUT2D eigenvalue weighted by atomic mass is 9.93. The lowest BCUT2D eigenvalue weighted by Crippen LogP contribution is -2.24. The van der Waals surface area contributed by atoms with Gasteiger partial charge in [0, 0.05) is 17.3 Å². The Balaban J connectivity index is 2.08. The van der Waals surface area contributed by atoms with Crippen molar-refractivity contribution in [3.8, 4) is 0 Å². The van der Waals surface area contributed by atoms with Crippen molar-refractivity contribution in [2.24, 2.45) is 17.6 Å². The molecule has 0 aliphatic heterocycles. The molecule has 1 aromatic carbocycles. The van der Waals surface area contributed by atoms with Crippen LogP contribution in [-0.2, 0) is 0 Å². The summed E-state index contributed by atoms with van der Waals surface area (Å²) < 4.78 is 0. The highest BCUT2D eigenvalue weighted by Gasteiger charge is 2.31. The van der Waals surface area contributed by atoms with Gasteiger partial charge in [-0.1, -0.05) is 44.1 Å². The van der Waals surface area contributed by atoms with Crippen LogP contribution in [0.1, 0.15) is 38.7 Å². The summed E-state index contributed by atoms with van der Waals surface area (Å²) in [6.07, 6.45) is 3.81. The summed E-state index contributed by atoms with van der Waals surface area (Å²) in [4.78, 5) is 0.344. The zero-order chi connectivity index (χ0) is 14.0. The quantitative estimate of drug-likeness (QED) is 0.817. The number of benzene rings is 1. The molecule has 0 heterocycles. The maximum Gasteiger partial charge on any atom is 0.105 e. The number of nitrogens with one attached hydrogen (secondary N) is 1. The molecule has 4 heteroatoms. The van der Waals surface area contributed by atoms with Crippen LogP contribution in [0.15, 0.2) is 18.2 Å². The van der Waals surface area contributed by atoms with Crippen molar-refractivity contribution in [3.05, 3.63) is 28.8 Å². The van der Waals surface area contributed by atoms with Crippen LogP contribution < -0.4 is 11.1 Å². The van der Waals surface area contributed by atoms with Crippen molar-refractivity contribution < 1.29 is 0 Å². The van der Waals surface area contributed by atoms with E-state index in [9.17, 15) is 0 Å². The molecule has 0 aromatic heterocycles. The van der Waals surface area contributed by atoms with Gasteiger partial charge in [-0.05, 0) is 42.9 Å². The summed E-state index contributed by atoms with van der Waals surface area (Å²) in [5.74, 6) is 1.54. The maximum absolute atomic E-state index is 6.19. The Labute approximate surface area is 125 Å². The number of hydrogen-bond acceptors (Lipinski definition) is 2. The van der Waals surface area contributed by atoms with E-state index in [0.29, 0.717) is 22.0 Å². The first-order valence-corrected chi connectivity index (χ1v) is 7.67. The summed E-state index contributed by atoms with van der Waals surface area (Å²) in [7, 11) is 0. The average molecular weight is 297 g/mol. The smallest absolute Gasteiger partial charge is 0.105 e. The van der Waals surface area contributed by atoms with Crippen LogP contribution >= 0.6 is 23.8 Å². The first-order chi connectivity index (χ1) is 9.02. The molecule has 0 radical (unpaired) electrons. The van der Waals surface area contributed by atoms with Gasteiger partial charge in [-0.15, -0.1) is 0 Å². The van der Waals surface area contributed by atoms with Gasteiger partial charge in [0.25, 0.3) is 0 Å². The molecule has 0 saturated heterocycles. The number of thiocarbonyl (C=S) groups is 1. The van der Waals surface area contributed by atoms with Crippen LogP contribution in [0.2, 0.25) is 5.02 Å². The average Bonchev–Trinajstić information content (AvgIpc) is 2.70. The molecule has 1 aromatic rings. The van der Waals surface area contributed by atoms with Crippen LogP contribution in [0.3, 0.4) is 0 Å². The number of halogens is 1. The van der Waals surface area contributed by atoms with Crippen molar-refractivity contribution >= 4 is 34.5 Å². The number of nitrogens with two attached hydrogens (primary N) is 1. The first-order valence-electron chi connectivity index (χ1n) is 6.88. The molecule has 1 saturated carbocycles. The summed E-state index contributed by atoms with van der Waals surface area (Å²) in [5.41, 5.74) is 7.41. The molecule has 2 rings (SSSR count). The predicted molar refractivity (Wildman–Crippen MR) is 86.9 cm³/mol. The van der Waals surface area contributed by atoms with Crippen molar-refractivity contribution in [2.45, 2.75) is 39.2 Å². The second-order valence-corrected chi connectivity index (χ2v) is 6.26. The van der Waals surface area contributed by atoms with Crippen molar-refractivity contribution in [1.82, 2.24) is 0 Å². The molecule has 104 valence electrons. The van der Waals surface area contributed by atoms with Crippen molar-refractivity contribution in [1.29, 1.82) is 0 Å². The van der Waals surface area contributed by atoms with E-state index in [1.807, 2.05) is 18.2 Å². The molecule has 3 unspecified atom stereocenters. The number of anilines is 1. The molecular formula is C15H21ClN2S. The molecule has 1 fully saturated rings. The molecule has 19 heavy (non-hydrogen) atoms. The molecule has 0 spiro atoms. The third-order valence-electron chi connectivity index (χ3n) is 4.34. The Hall–Kier alpha value is -0.800. The van der Waals surface area contributed by atoms with Gasteiger partial charge >= 0.3 is 0 Å². The molecule has 1 aliphatic rings. The maximum atomic E-state index is 6.19. The molecule has 0 amide bonds. The van der Waals surface area contributed by atoms with Crippen LogP contribution in [0, 0.1) is 11.8 Å². The third kappa shape index (κ3) is 3.21. The van der Waals surface area contributed by atoms with Crippen molar-refractivity contribution in [2.75, 3.05) is 5.32 Å². The van der Waals surface area contributed by atoms with Gasteiger partial charge in [0.15, 0.2) is 0 Å². The van der Waals surface area contributed by atoms with Gasteiger partial charge in [-0.25, -0.2) is 0 Å². The summed E-state index contributed by atoms with van der Waals surface area (Å²) in [5, 5.41) is 4.21. The fraction of sp³-hybridized carbons (Fsp3) is 0.533. The topological polar surface area (TPSA) is 38.0 Å². The second kappa shape index (κ2) is 6.10. The zero-order valence-electron chi connectivity index (χ0n) is 11.4. The fourth-order valence-corrected chi connectivity index (χ4v) is 3.56. The summed E-state index contributed by atoms with van der Waals surface area (Å²) >= 11 is 11.2. The highest BCUT2D eigenvalue weighted by atomic mass is 35.5. The Kier molecular flexibility index (Phi) is 4.69. The van der Waals surface area contributed by atoms with E-state index >= 15 is 0 Å². The Morgan fingerprint density at radius 2 is 2.21 bits per heavy atom. The number of rotatable bonds is 4. The van der Waals surface area contributed by atoms with E-state index in [1.54, 1.807) is 0 Å². The van der Waals surface area contributed by atoms with Crippen LogP contribution in [0.25, 0.3) is 0 Å². The lowest BCUT2D eigenvalue weighted by molar-refractivity contribution is 0.392. The van der Waals surface area contributed by atoms with E-state index in [0.717, 1.165) is 17.2 Å². The minimum absolute atomic E-state index is 0.344. The first kappa shape index (κ1) is 14.6. The van der Waals surface area contributed by atoms with Crippen LogP contribution in [0.5, 0.6) is 0 Å². The monoisotopic (exact) mass is 296 g/mol. The van der Waals surface area contributed by atoms with Gasteiger partial charge in [-0.2, -0.15) is 0 Å². The number of hydrogen-bond donors (Lipinski definition) is 2. The van der Waals surface area contributed by atoms with Gasteiger partial charge in [0.1, 0.15) is 4.99 Å². The normalized spacial score (nSPS) is 26.4. The second-order valence-electron chi connectivity index (χ2n) is 5.41. The Bertz CT molecular complexity index is 475. The molecule has 0 bridgehead atoms. The third-order valence-corrected chi connectivity index (χ3v) is 4.87. The summed E-state index contributed by atoms with van der Waals surface area (Å²) in [6, 6.07) is 6.36. The van der Waals surface area contributed by atoms with Crippen LogP contribution in [-0.4, -0.2) is 11.0 Å². The highest BCUT2D eigenvalue weighted by Crippen LogP contribution is 2.36.